The lowest BCUT2D eigenvalue weighted by Crippen LogP contribution is -2.36. The SMILES string of the molecule is CNCC(C(C)C)C(c1cc(Br)ccc1F)N(C)C. The van der Waals surface area contributed by atoms with Gasteiger partial charge in [-0.05, 0) is 57.7 Å². The van der Waals surface area contributed by atoms with E-state index in [9.17, 15) is 4.39 Å². The van der Waals surface area contributed by atoms with Gasteiger partial charge in [0.05, 0.1) is 0 Å². The zero-order chi connectivity index (χ0) is 14.6. The van der Waals surface area contributed by atoms with E-state index in [1.54, 1.807) is 6.07 Å². The van der Waals surface area contributed by atoms with E-state index in [0.717, 1.165) is 16.6 Å². The summed E-state index contributed by atoms with van der Waals surface area (Å²) in [5.41, 5.74) is 0.758. The van der Waals surface area contributed by atoms with Gasteiger partial charge in [-0.25, -0.2) is 4.39 Å². The average molecular weight is 331 g/mol. The smallest absolute Gasteiger partial charge is 0.128 e. The molecule has 108 valence electrons. The normalized spacial score (nSPS) is 15.0. The second kappa shape index (κ2) is 7.36. The van der Waals surface area contributed by atoms with Crippen LogP contribution >= 0.6 is 15.9 Å². The molecule has 0 fully saturated rings. The van der Waals surface area contributed by atoms with Crippen molar-refractivity contribution in [2.45, 2.75) is 19.9 Å². The Labute approximate surface area is 124 Å². The molecule has 4 heteroatoms. The second-order valence-electron chi connectivity index (χ2n) is 5.54. The van der Waals surface area contributed by atoms with Crippen molar-refractivity contribution >= 4 is 15.9 Å². The number of nitrogens with one attached hydrogen (secondary N) is 1. The summed E-state index contributed by atoms with van der Waals surface area (Å²) in [6.07, 6.45) is 0. The molecule has 1 N–H and O–H groups in total. The molecule has 0 saturated heterocycles. The summed E-state index contributed by atoms with van der Waals surface area (Å²) in [6, 6.07) is 5.23. The van der Waals surface area contributed by atoms with Crippen LogP contribution in [0.3, 0.4) is 0 Å². The maximum Gasteiger partial charge on any atom is 0.128 e. The van der Waals surface area contributed by atoms with Gasteiger partial charge in [0, 0.05) is 16.1 Å². The molecule has 0 bridgehead atoms. The summed E-state index contributed by atoms with van der Waals surface area (Å²) in [5.74, 6) is 0.686. The standard InChI is InChI=1S/C15H24BrFN2/c1-10(2)13(9-18-3)15(19(4)5)12-8-11(16)6-7-14(12)17/h6-8,10,13,15,18H,9H2,1-5H3. The predicted octanol–water partition coefficient (Wildman–Crippen LogP) is 3.68. The van der Waals surface area contributed by atoms with Gasteiger partial charge in [0.25, 0.3) is 0 Å². The molecule has 1 aromatic rings. The number of hydrogen-bond donors (Lipinski definition) is 1. The lowest BCUT2D eigenvalue weighted by atomic mass is 9.83. The van der Waals surface area contributed by atoms with Crippen LogP contribution in [0.25, 0.3) is 0 Å². The van der Waals surface area contributed by atoms with E-state index in [0.29, 0.717) is 11.8 Å². The van der Waals surface area contributed by atoms with Gasteiger partial charge in [-0.1, -0.05) is 29.8 Å². The highest BCUT2D eigenvalue weighted by atomic mass is 79.9. The van der Waals surface area contributed by atoms with Crippen molar-refractivity contribution in [1.82, 2.24) is 10.2 Å². The summed E-state index contributed by atoms with van der Waals surface area (Å²) >= 11 is 3.44. The maximum atomic E-state index is 14.2. The van der Waals surface area contributed by atoms with Gasteiger partial charge in [-0.15, -0.1) is 0 Å². The lowest BCUT2D eigenvalue weighted by Gasteiger charge is -2.35. The number of nitrogens with zero attached hydrogens (tertiary/aromatic N) is 1. The van der Waals surface area contributed by atoms with E-state index in [1.165, 1.54) is 6.07 Å². The molecule has 0 aliphatic heterocycles. The molecule has 0 aromatic heterocycles. The van der Waals surface area contributed by atoms with Gasteiger partial charge < -0.3 is 10.2 Å². The number of benzene rings is 1. The zero-order valence-electron chi connectivity index (χ0n) is 12.4. The first-order valence-electron chi connectivity index (χ1n) is 6.64. The van der Waals surface area contributed by atoms with Gasteiger partial charge in [-0.2, -0.15) is 0 Å². The molecule has 0 amide bonds. The van der Waals surface area contributed by atoms with Crippen LogP contribution in [0.5, 0.6) is 0 Å². The summed E-state index contributed by atoms with van der Waals surface area (Å²) < 4.78 is 15.1. The third-order valence-electron chi connectivity index (χ3n) is 3.53. The maximum absolute atomic E-state index is 14.2. The van der Waals surface area contributed by atoms with Crippen molar-refractivity contribution in [3.63, 3.8) is 0 Å². The van der Waals surface area contributed by atoms with Crippen LogP contribution < -0.4 is 5.32 Å². The molecule has 19 heavy (non-hydrogen) atoms. The van der Waals surface area contributed by atoms with E-state index < -0.39 is 0 Å². The zero-order valence-corrected chi connectivity index (χ0v) is 14.0. The van der Waals surface area contributed by atoms with Crippen LogP contribution in [0.1, 0.15) is 25.5 Å². The van der Waals surface area contributed by atoms with Crippen LogP contribution in [-0.2, 0) is 0 Å². The molecule has 2 atom stereocenters. The Kier molecular flexibility index (Phi) is 6.43. The van der Waals surface area contributed by atoms with Gasteiger partial charge in [0.15, 0.2) is 0 Å². The van der Waals surface area contributed by atoms with Gasteiger partial charge in [0.2, 0.25) is 0 Å². The first-order valence-corrected chi connectivity index (χ1v) is 7.43. The molecule has 2 unspecified atom stereocenters. The van der Waals surface area contributed by atoms with Crippen molar-refractivity contribution in [1.29, 1.82) is 0 Å². The number of hydrogen-bond acceptors (Lipinski definition) is 2. The van der Waals surface area contributed by atoms with Gasteiger partial charge in [0.1, 0.15) is 5.82 Å². The highest BCUT2D eigenvalue weighted by Crippen LogP contribution is 2.34. The van der Waals surface area contributed by atoms with Crippen LogP contribution in [0.4, 0.5) is 4.39 Å². The predicted molar refractivity (Wildman–Crippen MR) is 82.8 cm³/mol. The number of rotatable bonds is 6. The van der Waals surface area contributed by atoms with Gasteiger partial charge in [-0.3, -0.25) is 0 Å². The first-order chi connectivity index (χ1) is 8.88. The highest BCUT2D eigenvalue weighted by molar-refractivity contribution is 9.10. The molecule has 0 aliphatic carbocycles. The minimum atomic E-state index is -0.136. The Balaban J connectivity index is 3.21. The van der Waals surface area contributed by atoms with Crippen molar-refractivity contribution in [2.75, 3.05) is 27.7 Å². The van der Waals surface area contributed by atoms with Crippen molar-refractivity contribution in [3.05, 3.63) is 34.1 Å². The number of halogens is 2. The fourth-order valence-corrected chi connectivity index (χ4v) is 2.96. The highest BCUT2D eigenvalue weighted by Gasteiger charge is 2.29. The third kappa shape index (κ3) is 4.26. The third-order valence-corrected chi connectivity index (χ3v) is 4.03. The molecule has 0 saturated carbocycles. The summed E-state index contributed by atoms with van der Waals surface area (Å²) in [4.78, 5) is 2.10. The Morgan fingerprint density at radius 3 is 2.42 bits per heavy atom. The topological polar surface area (TPSA) is 15.3 Å². The van der Waals surface area contributed by atoms with Crippen LogP contribution in [-0.4, -0.2) is 32.6 Å². The molecule has 0 radical (unpaired) electrons. The average Bonchev–Trinajstić information content (AvgIpc) is 2.32. The molecule has 1 rings (SSSR count). The van der Waals surface area contributed by atoms with Crippen molar-refractivity contribution in [3.8, 4) is 0 Å². The Hall–Kier alpha value is -0.450. The minimum Gasteiger partial charge on any atom is -0.319 e. The van der Waals surface area contributed by atoms with E-state index in [4.69, 9.17) is 0 Å². The molecule has 1 aromatic carbocycles. The molecule has 0 aliphatic rings. The lowest BCUT2D eigenvalue weighted by molar-refractivity contribution is 0.165. The first kappa shape index (κ1) is 16.6. The van der Waals surface area contributed by atoms with E-state index >= 15 is 0 Å². The van der Waals surface area contributed by atoms with Crippen molar-refractivity contribution < 1.29 is 4.39 Å². The van der Waals surface area contributed by atoms with Crippen molar-refractivity contribution in [2.24, 2.45) is 11.8 Å². The van der Waals surface area contributed by atoms with Crippen LogP contribution in [0.2, 0.25) is 0 Å². The van der Waals surface area contributed by atoms with Crippen LogP contribution in [0, 0.1) is 17.7 Å². The largest absolute Gasteiger partial charge is 0.319 e. The summed E-state index contributed by atoms with van der Waals surface area (Å²) in [5, 5.41) is 3.23. The summed E-state index contributed by atoms with van der Waals surface area (Å²) in [6.45, 7) is 5.25. The van der Waals surface area contributed by atoms with Crippen LogP contribution in [0.15, 0.2) is 22.7 Å². The fraction of sp³-hybridized carbons (Fsp3) is 0.600. The quantitative estimate of drug-likeness (QED) is 0.855. The summed E-state index contributed by atoms with van der Waals surface area (Å²) in [7, 11) is 5.96. The molecular formula is C15H24BrFN2. The molecule has 0 heterocycles. The molecule has 2 nitrogen and oxygen atoms in total. The van der Waals surface area contributed by atoms with E-state index in [2.05, 4.69) is 40.0 Å². The Morgan fingerprint density at radius 2 is 1.95 bits per heavy atom. The molecule has 0 spiro atoms. The Morgan fingerprint density at radius 1 is 1.32 bits per heavy atom. The fourth-order valence-electron chi connectivity index (χ4n) is 2.58. The second-order valence-corrected chi connectivity index (χ2v) is 6.46. The molecular weight excluding hydrogens is 307 g/mol. The van der Waals surface area contributed by atoms with Gasteiger partial charge >= 0.3 is 0 Å². The Bertz CT molecular complexity index is 407. The van der Waals surface area contributed by atoms with E-state index in [1.807, 2.05) is 27.2 Å². The van der Waals surface area contributed by atoms with E-state index in [-0.39, 0.29) is 11.9 Å². The monoisotopic (exact) mass is 330 g/mol. The minimum absolute atomic E-state index is 0.0601.